The van der Waals surface area contributed by atoms with E-state index in [1.54, 1.807) is 0 Å². The third-order valence-corrected chi connectivity index (χ3v) is 13.0. The molecular weight excluding hydrogens is 699 g/mol. The third-order valence-electron chi connectivity index (χ3n) is 13.0. The number of aryl methyl sites for hydroxylation is 1. The highest BCUT2D eigenvalue weighted by molar-refractivity contribution is 6.06. The van der Waals surface area contributed by atoms with Crippen molar-refractivity contribution >= 4 is 38.6 Å². The second-order valence-electron chi connectivity index (χ2n) is 16.7. The van der Waals surface area contributed by atoms with Crippen molar-refractivity contribution in [2.45, 2.75) is 44.9 Å². The Morgan fingerprint density at radius 1 is 0.431 bits per heavy atom. The fourth-order valence-electron chi connectivity index (χ4n) is 10.2. The van der Waals surface area contributed by atoms with Crippen LogP contribution < -0.4 is 4.90 Å². The topological polar surface area (TPSA) is 3.24 Å². The maximum Gasteiger partial charge on any atom is 0.0546 e. The van der Waals surface area contributed by atoms with Crippen molar-refractivity contribution in [2.75, 3.05) is 4.90 Å². The average Bonchev–Trinajstić information content (AvgIpc) is 3.52. The molecule has 2 aliphatic rings. The van der Waals surface area contributed by atoms with Crippen LogP contribution in [-0.2, 0) is 18.3 Å². The molecule has 0 radical (unpaired) electrons. The van der Waals surface area contributed by atoms with Gasteiger partial charge in [0.05, 0.1) is 5.69 Å². The molecule has 1 heteroatoms. The van der Waals surface area contributed by atoms with Gasteiger partial charge >= 0.3 is 0 Å². The van der Waals surface area contributed by atoms with E-state index in [4.69, 9.17) is 0 Å². The van der Waals surface area contributed by atoms with Gasteiger partial charge in [0.2, 0.25) is 0 Å². The van der Waals surface area contributed by atoms with E-state index in [2.05, 4.69) is 207 Å². The van der Waals surface area contributed by atoms with Gasteiger partial charge in [-0.15, -0.1) is 0 Å². The molecule has 0 spiro atoms. The van der Waals surface area contributed by atoms with Crippen molar-refractivity contribution in [3.63, 3.8) is 0 Å². The van der Waals surface area contributed by atoms with Gasteiger partial charge in [-0.3, -0.25) is 0 Å². The predicted octanol–water partition coefficient (Wildman–Crippen LogP) is 15.6. The minimum absolute atomic E-state index is 0.178. The van der Waals surface area contributed by atoms with Crippen LogP contribution >= 0.6 is 0 Å². The van der Waals surface area contributed by atoms with Gasteiger partial charge in [-0.2, -0.15) is 0 Å². The second kappa shape index (κ2) is 13.7. The largest absolute Gasteiger partial charge is 0.310 e. The number of hydrogen-bond donors (Lipinski definition) is 0. The van der Waals surface area contributed by atoms with Crippen LogP contribution in [0.1, 0.15) is 48.9 Å². The summed E-state index contributed by atoms with van der Waals surface area (Å²) in [6.45, 7) is 4.81. The molecule has 0 bridgehead atoms. The SMILES string of the molecule is CC1(C)c2cc(N(c3ccc(-c4cccc5c4CCCC5)cc3)c3ccc4ccccc4c3-c3ccc(-c4ccccc4)cc3)ccc2-c2ccc3ccccc3c21. The maximum atomic E-state index is 2.51. The molecule has 0 amide bonds. The molecule has 0 aliphatic heterocycles. The summed E-state index contributed by atoms with van der Waals surface area (Å²) in [5, 5.41) is 5.11. The standard InChI is InChI=1S/C57H45N/c1-57(2)53-37-46(33-35-51(53)52-34-29-42-17-8-11-21-50(42)56(52)57)58(45-31-27-43(28-32-45)48-22-12-18-40-15-6-9-19-47(40)48)54-36-30-41-16-7-10-20-49(41)55(54)44-25-23-39(24-26-44)38-13-4-3-5-14-38/h3-5,7-8,10-14,16-18,20-37H,6,9,15,19H2,1-2H3. The predicted molar refractivity (Wildman–Crippen MR) is 247 cm³/mol. The smallest absolute Gasteiger partial charge is 0.0546 e. The van der Waals surface area contributed by atoms with Gasteiger partial charge in [0, 0.05) is 22.4 Å². The van der Waals surface area contributed by atoms with E-state index in [9.17, 15) is 0 Å². The first-order valence-electron chi connectivity index (χ1n) is 20.9. The molecule has 9 aromatic carbocycles. The minimum Gasteiger partial charge on any atom is -0.310 e. The van der Waals surface area contributed by atoms with Gasteiger partial charge in [-0.25, -0.2) is 0 Å². The summed E-state index contributed by atoms with van der Waals surface area (Å²) in [4.78, 5) is 2.51. The van der Waals surface area contributed by atoms with Crippen LogP contribution in [0, 0.1) is 0 Å². The van der Waals surface area contributed by atoms with E-state index in [0.29, 0.717) is 0 Å². The quantitative estimate of drug-likeness (QED) is 0.164. The number of rotatable bonds is 6. The van der Waals surface area contributed by atoms with E-state index in [1.807, 2.05) is 0 Å². The van der Waals surface area contributed by atoms with Crippen molar-refractivity contribution in [1.29, 1.82) is 0 Å². The van der Waals surface area contributed by atoms with E-state index >= 15 is 0 Å². The molecule has 0 heterocycles. The van der Waals surface area contributed by atoms with Crippen molar-refractivity contribution in [2.24, 2.45) is 0 Å². The highest BCUT2D eigenvalue weighted by Crippen LogP contribution is 2.54. The van der Waals surface area contributed by atoms with Crippen molar-refractivity contribution in [1.82, 2.24) is 0 Å². The van der Waals surface area contributed by atoms with Crippen molar-refractivity contribution < 1.29 is 0 Å². The lowest BCUT2D eigenvalue weighted by Crippen LogP contribution is -2.17. The van der Waals surface area contributed by atoms with Crippen LogP contribution in [0.2, 0.25) is 0 Å². The lowest BCUT2D eigenvalue weighted by Gasteiger charge is -2.31. The molecule has 2 aliphatic carbocycles. The Hall–Kier alpha value is -6.70. The maximum absolute atomic E-state index is 2.51. The molecule has 0 saturated heterocycles. The Balaban J connectivity index is 1.11. The first-order chi connectivity index (χ1) is 28.5. The molecule has 278 valence electrons. The number of fused-ring (bicyclic) bond motifs is 7. The molecule has 9 aromatic rings. The van der Waals surface area contributed by atoms with Crippen molar-refractivity contribution in [3.05, 3.63) is 210 Å². The summed E-state index contributed by atoms with van der Waals surface area (Å²) in [7, 11) is 0. The molecule has 0 fully saturated rings. The minimum atomic E-state index is -0.178. The Morgan fingerprint density at radius 2 is 1.05 bits per heavy atom. The van der Waals surface area contributed by atoms with Crippen LogP contribution in [0.3, 0.4) is 0 Å². The number of benzene rings is 9. The third kappa shape index (κ3) is 5.60. The summed E-state index contributed by atoms with van der Waals surface area (Å²) in [6.07, 6.45) is 4.89. The zero-order valence-electron chi connectivity index (χ0n) is 33.2. The molecule has 0 N–H and O–H groups in total. The first-order valence-corrected chi connectivity index (χ1v) is 20.9. The van der Waals surface area contributed by atoms with Crippen LogP contribution in [0.25, 0.3) is 66.1 Å². The van der Waals surface area contributed by atoms with Crippen LogP contribution in [0.5, 0.6) is 0 Å². The van der Waals surface area contributed by atoms with Gasteiger partial charge in [-0.1, -0.05) is 172 Å². The molecule has 58 heavy (non-hydrogen) atoms. The Kier molecular flexibility index (Phi) is 8.19. The summed E-state index contributed by atoms with van der Waals surface area (Å²) in [5.41, 5.74) is 19.3. The number of hydrogen-bond acceptors (Lipinski definition) is 1. The Morgan fingerprint density at radius 3 is 1.86 bits per heavy atom. The van der Waals surface area contributed by atoms with Crippen LogP contribution in [0.15, 0.2) is 188 Å². The van der Waals surface area contributed by atoms with E-state index < -0.39 is 0 Å². The monoisotopic (exact) mass is 743 g/mol. The van der Waals surface area contributed by atoms with E-state index in [1.165, 1.54) is 108 Å². The molecule has 0 aromatic heterocycles. The molecule has 0 unspecified atom stereocenters. The summed E-state index contributed by atoms with van der Waals surface area (Å²) >= 11 is 0. The number of nitrogens with zero attached hydrogens (tertiary/aromatic N) is 1. The average molecular weight is 744 g/mol. The molecule has 0 atom stereocenters. The van der Waals surface area contributed by atoms with Gasteiger partial charge < -0.3 is 4.90 Å². The van der Waals surface area contributed by atoms with Gasteiger partial charge in [0.1, 0.15) is 0 Å². The second-order valence-corrected chi connectivity index (χ2v) is 16.7. The summed E-state index contributed by atoms with van der Waals surface area (Å²) in [6, 6.07) is 70.3. The Labute approximate surface area is 341 Å². The molecule has 0 saturated carbocycles. The fraction of sp³-hybridized carbons (Fsp3) is 0.123. The van der Waals surface area contributed by atoms with Crippen LogP contribution in [0.4, 0.5) is 17.1 Å². The Bertz CT molecular complexity index is 3010. The lowest BCUT2D eigenvalue weighted by molar-refractivity contribution is 0.666. The molecule has 1 nitrogen and oxygen atoms in total. The van der Waals surface area contributed by atoms with Gasteiger partial charge in [0.15, 0.2) is 0 Å². The lowest BCUT2D eigenvalue weighted by atomic mass is 9.80. The zero-order chi connectivity index (χ0) is 38.8. The van der Waals surface area contributed by atoms with E-state index in [-0.39, 0.29) is 5.41 Å². The normalized spacial score (nSPS) is 13.9. The first kappa shape index (κ1) is 34.5. The number of anilines is 3. The zero-order valence-corrected chi connectivity index (χ0v) is 33.2. The highest BCUT2D eigenvalue weighted by Gasteiger charge is 2.37. The summed E-state index contributed by atoms with van der Waals surface area (Å²) in [5.74, 6) is 0. The van der Waals surface area contributed by atoms with Gasteiger partial charge in [-0.05, 0) is 139 Å². The van der Waals surface area contributed by atoms with Gasteiger partial charge in [0.25, 0.3) is 0 Å². The molecule has 11 rings (SSSR count). The molecular formula is C57H45N. The fourth-order valence-corrected chi connectivity index (χ4v) is 10.2. The highest BCUT2D eigenvalue weighted by atomic mass is 15.1. The van der Waals surface area contributed by atoms with E-state index in [0.717, 1.165) is 23.5 Å². The summed E-state index contributed by atoms with van der Waals surface area (Å²) < 4.78 is 0. The van der Waals surface area contributed by atoms with Crippen LogP contribution in [-0.4, -0.2) is 0 Å². The van der Waals surface area contributed by atoms with Crippen molar-refractivity contribution in [3.8, 4) is 44.5 Å².